The van der Waals surface area contributed by atoms with Crippen molar-refractivity contribution < 1.29 is 4.74 Å². The predicted molar refractivity (Wildman–Crippen MR) is 106 cm³/mol. The Morgan fingerprint density at radius 1 is 1.32 bits per heavy atom. The molecule has 2 aromatic rings. The van der Waals surface area contributed by atoms with Crippen molar-refractivity contribution in [2.75, 3.05) is 12.4 Å². The fourth-order valence-corrected chi connectivity index (χ4v) is 3.69. The molecule has 0 saturated heterocycles. The molecule has 0 radical (unpaired) electrons. The molecule has 0 amide bonds. The van der Waals surface area contributed by atoms with E-state index in [1.807, 2.05) is 36.5 Å². The number of pyridine rings is 1. The Hall–Kier alpha value is -1.85. The van der Waals surface area contributed by atoms with Gasteiger partial charge in [0, 0.05) is 23.3 Å². The van der Waals surface area contributed by atoms with Crippen LogP contribution in [0.4, 0.5) is 5.69 Å². The van der Waals surface area contributed by atoms with Crippen LogP contribution in [-0.4, -0.2) is 28.1 Å². The summed E-state index contributed by atoms with van der Waals surface area (Å²) in [4.78, 5) is 6.70. The summed E-state index contributed by atoms with van der Waals surface area (Å²) in [6.07, 6.45) is 6.63. The average molecular weight is 376 g/mol. The van der Waals surface area contributed by atoms with Gasteiger partial charge in [0.2, 0.25) is 0 Å². The summed E-state index contributed by atoms with van der Waals surface area (Å²) in [6.45, 7) is 0.702. The predicted octanol–water partition coefficient (Wildman–Crippen LogP) is 4.89. The number of rotatable bonds is 5. The lowest BCUT2D eigenvalue weighted by Gasteiger charge is -2.31. The molecule has 4 nitrogen and oxygen atoms in total. The summed E-state index contributed by atoms with van der Waals surface area (Å²) < 4.78 is 5.41. The summed E-state index contributed by atoms with van der Waals surface area (Å²) in [5, 5.41) is 4.66. The van der Waals surface area contributed by atoms with Crippen LogP contribution in [0.2, 0.25) is 5.02 Å². The van der Waals surface area contributed by atoms with E-state index in [1.54, 1.807) is 13.2 Å². The van der Waals surface area contributed by atoms with Crippen molar-refractivity contribution in [3.8, 4) is 5.75 Å². The van der Waals surface area contributed by atoms with Crippen molar-refractivity contribution in [2.24, 2.45) is 0 Å². The maximum Gasteiger partial charge on any atom is 0.174 e. The quantitative estimate of drug-likeness (QED) is 0.753. The molecule has 0 aliphatic heterocycles. The molecule has 25 heavy (non-hydrogen) atoms. The van der Waals surface area contributed by atoms with Crippen LogP contribution in [0, 0.1) is 0 Å². The molecule has 1 aliphatic rings. The van der Waals surface area contributed by atoms with Crippen molar-refractivity contribution in [2.45, 2.75) is 38.3 Å². The molecule has 0 unspecified atom stereocenters. The number of benzene rings is 1. The van der Waals surface area contributed by atoms with Gasteiger partial charge in [0.25, 0.3) is 0 Å². The molecule has 1 aliphatic carbocycles. The van der Waals surface area contributed by atoms with E-state index in [4.69, 9.17) is 28.6 Å². The number of halogens is 1. The van der Waals surface area contributed by atoms with Gasteiger partial charge in [0.15, 0.2) is 5.11 Å². The summed E-state index contributed by atoms with van der Waals surface area (Å²) in [5.41, 5.74) is 1.84. The number of anilines is 1. The molecule has 1 aromatic carbocycles. The van der Waals surface area contributed by atoms with Gasteiger partial charge >= 0.3 is 0 Å². The smallest absolute Gasteiger partial charge is 0.174 e. The van der Waals surface area contributed by atoms with E-state index in [1.165, 1.54) is 12.8 Å². The van der Waals surface area contributed by atoms with Crippen LogP contribution in [-0.2, 0) is 6.54 Å². The Bertz CT molecular complexity index is 720. The second-order valence-electron chi connectivity index (χ2n) is 6.16. The van der Waals surface area contributed by atoms with E-state index < -0.39 is 0 Å². The molecule has 1 N–H and O–H groups in total. The highest BCUT2D eigenvalue weighted by Crippen LogP contribution is 2.30. The largest absolute Gasteiger partial charge is 0.495 e. The summed E-state index contributed by atoms with van der Waals surface area (Å²) in [7, 11) is 1.63. The van der Waals surface area contributed by atoms with Crippen LogP contribution in [0.25, 0.3) is 0 Å². The highest BCUT2D eigenvalue weighted by atomic mass is 35.5. The van der Waals surface area contributed by atoms with Gasteiger partial charge < -0.3 is 15.0 Å². The van der Waals surface area contributed by atoms with Crippen LogP contribution >= 0.6 is 23.8 Å². The minimum atomic E-state index is 0.445. The molecule has 132 valence electrons. The molecule has 0 atom stereocenters. The summed E-state index contributed by atoms with van der Waals surface area (Å²) >= 11 is 11.8. The lowest BCUT2D eigenvalue weighted by atomic mass is 10.2. The third-order valence-electron chi connectivity index (χ3n) is 4.49. The zero-order valence-corrected chi connectivity index (χ0v) is 15.8. The van der Waals surface area contributed by atoms with Crippen molar-refractivity contribution in [3.63, 3.8) is 0 Å². The highest BCUT2D eigenvalue weighted by molar-refractivity contribution is 7.80. The first kappa shape index (κ1) is 18.0. The van der Waals surface area contributed by atoms with E-state index in [0.29, 0.717) is 28.5 Å². The first-order valence-electron chi connectivity index (χ1n) is 8.48. The van der Waals surface area contributed by atoms with Gasteiger partial charge in [-0.05, 0) is 49.3 Å². The second kappa shape index (κ2) is 8.50. The monoisotopic (exact) mass is 375 g/mol. The molecule has 1 heterocycles. The maximum atomic E-state index is 6.05. The molecule has 6 heteroatoms. The van der Waals surface area contributed by atoms with Crippen LogP contribution in [0.3, 0.4) is 0 Å². The third-order valence-corrected chi connectivity index (χ3v) is 5.06. The molecular weight excluding hydrogens is 354 g/mol. The maximum absolute atomic E-state index is 6.05. The van der Waals surface area contributed by atoms with E-state index in [-0.39, 0.29) is 0 Å². The van der Waals surface area contributed by atoms with Crippen molar-refractivity contribution in [3.05, 3.63) is 53.3 Å². The fraction of sp³-hybridized carbons (Fsp3) is 0.368. The lowest BCUT2D eigenvalue weighted by Crippen LogP contribution is -2.41. The topological polar surface area (TPSA) is 37.4 Å². The van der Waals surface area contributed by atoms with Gasteiger partial charge in [-0.3, -0.25) is 4.98 Å². The summed E-state index contributed by atoms with van der Waals surface area (Å²) in [6, 6.07) is 11.9. The standard InChI is InChI=1S/C19H22ClN3OS/c1-24-18-12-14(20)9-10-17(18)22-19(25)23(16-7-2-3-8-16)13-15-6-4-5-11-21-15/h4-6,9-12,16H,2-3,7-8,13H2,1H3,(H,22,25). The highest BCUT2D eigenvalue weighted by Gasteiger charge is 2.25. The molecule has 1 aromatic heterocycles. The van der Waals surface area contributed by atoms with E-state index >= 15 is 0 Å². The molecule has 1 fully saturated rings. The van der Waals surface area contributed by atoms with Crippen molar-refractivity contribution in [1.82, 2.24) is 9.88 Å². The molecule has 0 bridgehead atoms. The number of ether oxygens (including phenoxy) is 1. The SMILES string of the molecule is COc1cc(Cl)ccc1NC(=S)N(Cc1ccccn1)C1CCCC1. The lowest BCUT2D eigenvalue weighted by molar-refractivity contribution is 0.309. The number of hydrogen-bond acceptors (Lipinski definition) is 3. The van der Waals surface area contributed by atoms with Gasteiger partial charge in [-0.15, -0.1) is 0 Å². The van der Waals surface area contributed by atoms with E-state index in [9.17, 15) is 0 Å². The van der Waals surface area contributed by atoms with Crippen LogP contribution in [0.15, 0.2) is 42.6 Å². The number of nitrogens with zero attached hydrogens (tertiary/aromatic N) is 2. The van der Waals surface area contributed by atoms with Crippen molar-refractivity contribution in [1.29, 1.82) is 0 Å². The number of nitrogens with one attached hydrogen (secondary N) is 1. The molecule has 3 rings (SSSR count). The Balaban J connectivity index is 1.79. The minimum Gasteiger partial charge on any atom is -0.495 e. The Kier molecular flexibility index (Phi) is 6.10. The zero-order valence-electron chi connectivity index (χ0n) is 14.2. The van der Waals surface area contributed by atoms with E-state index in [2.05, 4.69) is 15.2 Å². The summed E-state index contributed by atoms with van der Waals surface area (Å²) in [5.74, 6) is 0.680. The first-order chi connectivity index (χ1) is 12.2. The molecule has 0 spiro atoms. The number of methoxy groups -OCH3 is 1. The van der Waals surface area contributed by atoms with Gasteiger partial charge in [0.05, 0.1) is 25.0 Å². The van der Waals surface area contributed by atoms with Crippen LogP contribution in [0.5, 0.6) is 5.75 Å². The number of hydrogen-bond donors (Lipinski definition) is 1. The van der Waals surface area contributed by atoms with Crippen molar-refractivity contribution >= 4 is 34.6 Å². The van der Waals surface area contributed by atoms with Gasteiger partial charge in [-0.2, -0.15) is 0 Å². The second-order valence-corrected chi connectivity index (χ2v) is 6.99. The molecule has 1 saturated carbocycles. The van der Waals surface area contributed by atoms with Gasteiger partial charge in [-0.1, -0.05) is 30.5 Å². The van der Waals surface area contributed by atoms with Crippen LogP contribution < -0.4 is 10.1 Å². The number of aromatic nitrogens is 1. The Labute approximate surface area is 159 Å². The van der Waals surface area contributed by atoms with Gasteiger partial charge in [-0.25, -0.2) is 0 Å². The zero-order chi connectivity index (χ0) is 17.6. The average Bonchev–Trinajstić information content (AvgIpc) is 3.16. The first-order valence-corrected chi connectivity index (χ1v) is 9.27. The Morgan fingerprint density at radius 3 is 2.80 bits per heavy atom. The normalized spacial score (nSPS) is 14.3. The molecular formula is C19H22ClN3OS. The third kappa shape index (κ3) is 4.61. The minimum absolute atomic E-state index is 0.445. The van der Waals surface area contributed by atoms with Crippen LogP contribution in [0.1, 0.15) is 31.4 Å². The van der Waals surface area contributed by atoms with Gasteiger partial charge in [0.1, 0.15) is 5.75 Å². The fourth-order valence-electron chi connectivity index (χ4n) is 3.20. The van der Waals surface area contributed by atoms with E-state index in [0.717, 1.165) is 24.2 Å². The number of thiocarbonyl (C=S) groups is 1. The Morgan fingerprint density at radius 2 is 2.12 bits per heavy atom.